The van der Waals surface area contributed by atoms with Crippen LogP contribution in [0.3, 0.4) is 0 Å². The van der Waals surface area contributed by atoms with Crippen molar-refractivity contribution in [1.29, 1.82) is 0 Å². The highest BCUT2D eigenvalue weighted by molar-refractivity contribution is 7.91. The number of sulfone groups is 1. The predicted molar refractivity (Wildman–Crippen MR) is 96.4 cm³/mol. The number of rotatable bonds is 3. The molecule has 2 aromatic rings. The second-order valence-electron chi connectivity index (χ2n) is 6.38. The van der Waals surface area contributed by atoms with Crippen molar-refractivity contribution < 1.29 is 13.2 Å². The number of hydrogen-bond donors (Lipinski definition) is 0. The Bertz CT molecular complexity index is 882. The fourth-order valence-electron chi connectivity index (χ4n) is 3.23. The molecule has 1 saturated heterocycles. The highest BCUT2D eigenvalue weighted by atomic mass is 32.2. The van der Waals surface area contributed by atoms with Crippen LogP contribution in [0.2, 0.25) is 0 Å². The van der Waals surface area contributed by atoms with Crippen molar-refractivity contribution in [3.8, 4) is 0 Å². The molecule has 128 valence electrons. The van der Waals surface area contributed by atoms with Crippen LogP contribution < -0.4 is 0 Å². The number of likely N-dealkylation sites (N-methyl/N-ethyl adjacent to an activating group) is 1. The number of amides is 1. The van der Waals surface area contributed by atoms with Gasteiger partial charge in [0.05, 0.1) is 11.5 Å². The third-order valence-corrected chi connectivity index (χ3v) is 6.47. The first-order chi connectivity index (χ1) is 11.4. The summed E-state index contributed by atoms with van der Waals surface area (Å²) in [6, 6.07) is 8.05. The lowest BCUT2D eigenvalue weighted by Crippen LogP contribution is -2.41. The summed E-state index contributed by atoms with van der Waals surface area (Å²) in [4.78, 5) is 14.1. The van der Waals surface area contributed by atoms with E-state index in [-0.39, 0.29) is 23.5 Å². The molecule has 3 rings (SSSR count). The van der Waals surface area contributed by atoms with Crippen LogP contribution in [-0.2, 0) is 21.7 Å². The molecule has 5 nitrogen and oxygen atoms in total. The van der Waals surface area contributed by atoms with E-state index in [1.165, 1.54) is 0 Å². The van der Waals surface area contributed by atoms with E-state index in [4.69, 9.17) is 0 Å². The minimum Gasteiger partial charge on any atom is -0.350 e. The number of para-hydroxylation sites is 1. The molecule has 1 fully saturated rings. The van der Waals surface area contributed by atoms with Crippen LogP contribution in [-0.4, -0.2) is 48.4 Å². The lowest BCUT2D eigenvalue weighted by Gasteiger charge is -2.30. The van der Waals surface area contributed by atoms with Gasteiger partial charge in [-0.05, 0) is 25.0 Å². The van der Waals surface area contributed by atoms with Gasteiger partial charge in [0.25, 0.3) is 0 Å². The molecule has 1 aromatic heterocycles. The highest BCUT2D eigenvalue weighted by Gasteiger charge is 2.27. The molecule has 1 aliphatic rings. The van der Waals surface area contributed by atoms with Crippen molar-refractivity contribution >= 4 is 32.7 Å². The van der Waals surface area contributed by atoms with Crippen molar-refractivity contribution in [3.63, 3.8) is 0 Å². The summed E-state index contributed by atoms with van der Waals surface area (Å²) in [5, 5.41) is 1.11. The van der Waals surface area contributed by atoms with Crippen molar-refractivity contribution in [2.45, 2.75) is 18.9 Å². The molecule has 0 saturated carbocycles. The average molecular weight is 346 g/mol. The van der Waals surface area contributed by atoms with E-state index < -0.39 is 9.84 Å². The number of benzene rings is 1. The zero-order valence-corrected chi connectivity index (χ0v) is 14.8. The van der Waals surface area contributed by atoms with E-state index in [2.05, 4.69) is 0 Å². The molecule has 0 radical (unpaired) electrons. The summed E-state index contributed by atoms with van der Waals surface area (Å²) in [6.07, 6.45) is 6.45. The molecular formula is C18H22N2O3S. The van der Waals surface area contributed by atoms with Crippen LogP contribution >= 0.6 is 0 Å². The summed E-state index contributed by atoms with van der Waals surface area (Å²) < 4.78 is 25.0. The normalized spacial score (nSPS) is 18.2. The van der Waals surface area contributed by atoms with Crippen LogP contribution in [0.25, 0.3) is 17.0 Å². The number of fused-ring (bicyclic) bond motifs is 1. The van der Waals surface area contributed by atoms with Gasteiger partial charge in [-0.2, -0.15) is 0 Å². The topological polar surface area (TPSA) is 59.4 Å². The minimum absolute atomic E-state index is 0.00167. The average Bonchev–Trinajstić information content (AvgIpc) is 2.89. The van der Waals surface area contributed by atoms with Gasteiger partial charge >= 0.3 is 0 Å². The summed E-state index contributed by atoms with van der Waals surface area (Å²) in [6.45, 7) is 0. The minimum atomic E-state index is -2.91. The fraction of sp³-hybridized carbons (Fsp3) is 0.389. The van der Waals surface area contributed by atoms with E-state index in [1.807, 2.05) is 48.2 Å². The van der Waals surface area contributed by atoms with Gasteiger partial charge in [0.2, 0.25) is 5.91 Å². The number of carbonyl (C=O) groups excluding carboxylic acids is 1. The molecule has 1 aliphatic heterocycles. The van der Waals surface area contributed by atoms with Crippen molar-refractivity contribution in [2.75, 3.05) is 18.6 Å². The Labute approximate surface area is 142 Å². The predicted octanol–water partition coefficient (Wildman–Crippen LogP) is 2.23. The summed E-state index contributed by atoms with van der Waals surface area (Å²) in [7, 11) is 0.820. The maximum absolute atomic E-state index is 12.4. The number of nitrogens with zero attached hydrogens (tertiary/aromatic N) is 2. The lowest BCUT2D eigenvalue weighted by atomic mass is 10.1. The van der Waals surface area contributed by atoms with E-state index >= 15 is 0 Å². The molecule has 0 aliphatic carbocycles. The third kappa shape index (κ3) is 3.38. The van der Waals surface area contributed by atoms with E-state index in [0.29, 0.717) is 12.8 Å². The summed E-state index contributed by atoms with van der Waals surface area (Å²) >= 11 is 0. The zero-order chi connectivity index (χ0) is 17.3. The molecule has 2 heterocycles. The van der Waals surface area contributed by atoms with Gasteiger partial charge in [-0.15, -0.1) is 0 Å². The third-order valence-electron chi connectivity index (χ3n) is 4.75. The lowest BCUT2D eigenvalue weighted by molar-refractivity contribution is -0.126. The van der Waals surface area contributed by atoms with Crippen molar-refractivity contribution in [3.05, 3.63) is 42.1 Å². The van der Waals surface area contributed by atoms with Crippen LogP contribution in [0.1, 0.15) is 18.4 Å². The fourth-order valence-corrected chi connectivity index (χ4v) is 4.70. The van der Waals surface area contributed by atoms with E-state index in [1.54, 1.807) is 18.0 Å². The standard InChI is InChI=1S/C18H22N2O3S/c1-19-13-14(16-5-3-4-6-17(16)19)7-8-18(21)20(2)15-9-11-24(22,23)12-10-15/h3-8,13,15H,9-12H2,1-2H3/b8-7+. The number of aromatic nitrogens is 1. The van der Waals surface area contributed by atoms with E-state index in [0.717, 1.165) is 16.5 Å². The quantitative estimate of drug-likeness (QED) is 0.801. The van der Waals surface area contributed by atoms with Crippen LogP contribution in [0.5, 0.6) is 0 Å². The first-order valence-corrected chi connectivity index (χ1v) is 9.89. The Hall–Kier alpha value is -2.08. The first-order valence-electron chi connectivity index (χ1n) is 8.07. The smallest absolute Gasteiger partial charge is 0.246 e. The Morgan fingerprint density at radius 1 is 1.25 bits per heavy atom. The monoisotopic (exact) mass is 346 g/mol. The Morgan fingerprint density at radius 2 is 1.92 bits per heavy atom. The summed E-state index contributed by atoms with van der Waals surface area (Å²) in [5.41, 5.74) is 2.12. The maximum atomic E-state index is 12.4. The molecule has 24 heavy (non-hydrogen) atoms. The van der Waals surface area contributed by atoms with Crippen LogP contribution in [0.4, 0.5) is 0 Å². The zero-order valence-electron chi connectivity index (χ0n) is 14.0. The van der Waals surface area contributed by atoms with Crippen LogP contribution in [0.15, 0.2) is 36.5 Å². The van der Waals surface area contributed by atoms with Crippen molar-refractivity contribution in [2.24, 2.45) is 7.05 Å². The number of aryl methyl sites for hydroxylation is 1. The van der Waals surface area contributed by atoms with E-state index in [9.17, 15) is 13.2 Å². The molecule has 0 spiro atoms. The van der Waals surface area contributed by atoms with Crippen molar-refractivity contribution in [1.82, 2.24) is 9.47 Å². The Morgan fingerprint density at radius 3 is 2.62 bits per heavy atom. The SMILES string of the molecule is CN(C(=O)/C=C/c1cn(C)c2ccccc12)C1CCS(=O)(=O)CC1. The second-order valence-corrected chi connectivity index (χ2v) is 8.68. The molecule has 1 amide bonds. The molecular weight excluding hydrogens is 324 g/mol. The summed E-state index contributed by atoms with van der Waals surface area (Å²) in [5.74, 6) is 0.247. The number of hydrogen-bond acceptors (Lipinski definition) is 3. The van der Waals surface area contributed by atoms with Gasteiger partial charge in [-0.3, -0.25) is 4.79 Å². The number of carbonyl (C=O) groups is 1. The second kappa shape index (κ2) is 6.43. The Kier molecular flexibility index (Phi) is 4.49. The van der Waals surface area contributed by atoms with Gasteiger partial charge in [0.1, 0.15) is 9.84 Å². The van der Waals surface area contributed by atoms with Gasteiger partial charge < -0.3 is 9.47 Å². The molecule has 0 N–H and O–H groups in total. The molecule has 0 bridgehead atoms. The van der Waals surface area contributed by atoms with Gasteiger partial charge in [0.15, 0.2) is 0 Å². The molecule has 6 heteroatoms. The molecule has 0 unspecified atom stereocenters. The maximum Gasteiger partial charge on any atom is 0.246 e. The van der Waals surface area contributed by atoms with Gasteiger partial charge in [-0.25, -0.2) is 8.42 Å². The Balaban J connectivity index is 1.73. The largest absolute Gasteiger partial charge is 0.350 e. The first kappa shape index (κ1) is 16.8. The highest BCUT2D eigenvalue weighted by Crippen LogP contribution is 2.22. The van der Waals surface area contributed by atoms with Crippen LogP contribution in [0, 0.1) is 0 Å². The molecule has 0 atom stereocenters. The molecule has 1 aromatic carbocycles. The van der Waals surface area contributed by atoms with Gasteiger partial charge in [0, 0.05) is 48.9 Å². The van der Waals surface area contributed by atoms with Gasteiger partial charge in [-0.1, -0.05) is 18.2 Å².